The van der Waals surface area contributed by atoms with Crippen molar-refractivity contribution < 1.29 is 0 Å². The molecule has 0 saturated carbocycles. The molecule has 29 heavy (non-hydrogen) atoms. The van der Waals surface area contributed by atoms with Crippen LogP contribution in [0.4, 0.5) is 0 Å². The van der Waals surface area contributed by atoms with E-state index in [0.29, 0.717) is 17.7 Å². The van der Waals surface area contributed by atoms with Gasteiger partial charge < -0.3 is 15.2 Å². The Morgan fingerprint density at radius 1 is 1.31 bits per heavy atom. The molecule has 1 aliphatic rings. The number of rotatable bonds is 8. The van der Waals surface area contributed by atoms with Crippen LogP contribution in [-0.4, -0.2) is 62.8 Å². The molecule has 0 radical (unpaired) electrons. The van der Waals surface area contributed by atoms with Crippen LogP contribution in [0.5, 0.6) is 0 Å². The Morgan fingerprint density at radius 3 is 2.86 bits per heavy atom. The van der Waals surface area contributed by atoms with E-state index in [9.17, 15) is 0 Å². The number of aryl methyl sites for hydroxylation is 1. The number of guanidine groups is 1. The molecule has 1 aliphatic heterocycles. The predicted octanol–water partition coefficient (Wildman–Crippen LogP) is 1.93. The Morgan fingerprint density at radius 2 is 2.17 bits per heavy atom. The summed E-state index contributed by atoms with van der Waals surface area (Å²) in [5.74, 6) is 2.54. The van der Waals surface area contributed by atoms with Crippen molar-refractivity contribution in [3.8, 4) is 0 Å². The monoisotopic (exact) mass is 418 g/mol. The maximum atomic E-state index is 5.86. The van der Waals surface area contributed by atoms with Gasteiger partial charge in [-0.25, -0.2) is 9.98 Å². The van der Waals surface area contributed by atoms with Gasteiger partial charge in [0.1, 0.15) is 17.5 Å². The summed E-state index contributed by atoms with van der Waals surface area (Å²) in [5.41, 5.74) is 1.14. The van der Waals surface area contributed by atoms with Crippen LogP contribution >= 0.6 is 11.6 Å². The highest BCUT2D eigenvalue weighted by Crippen LogP contribution is 2.15. The number of pyridine rings is 1. The van der Waals surface area contributed by atoms with Gasteiger partial charge >= 0.3 is 0 Å². The topological polar surface area (TPSA) is 83.3 Å². The lowest BCUT2D eigenvalue weighted by Gasteiger charge is -2.24. The fourth-order valence-corrected chi connectivity index (χ4v) is 3.66. The lowest BCUT2D eigenvalue weighted by molar-refractivity contribution is 0.267. The van der Waals surface area contributed by atoms with E-state index in [-0.39, 0.29) is 0 Å². The van der Waals surface area contributed by atoms with E-state index in [1.54, 1.807) is 0 Å². The van der Waals surface area contributed by atoms with Crippen LogP contribution in [0.1, 0.15) is 37.0 Å². The minimum absolute atomic E-state index is 0.483. The first kappa shape index (κ1) is 21.5. The second kappa shape index (κ2) is 10.5. The lowest BCUT2D eigenvalue weighted by Crippen LogP contribution is -2.45. The summed E-state index contributed by atoms with van der Waals surface area (Å²) < 4.78 is 1.97. The van der Waals surface area contributed by atoms with Crippen LogP contribution in [0.3, 0.4) is 0 Å². The number of likely N-dealkylation sites (tertiary alicyclic amines) is 1. The molecule has 1 atom stereocenters. The van der Waals surface area contributed by atoms with E-state index in [4.69, 9.17) is 16.6 Å². The Hall–Kier alpha value is -2.19. The summed E-state index contributed by atoms with van der Waals surface area (Å²) in [6.45, 7) is 8.57. The van der Waals surface area contributed by atoms with Gasteiger partial charge in [-0.15, -0.1) is 10.2 Å². The molecule has 9 heteroatoms. The van der Waals surface area contributed by atoms with E-state index in [1.165, 1.54) is 19.4 Å². The number of aromatic nitrogens is 4. The number of hydrogen-bond acceptors (Lipinski definition) is 5. The normalized spacial score (nSPS) is 17.7. The van der Waals surface area contributed by atoms with Gasteiger partial charge in [-0.2, -0.15) is 0 Å². The molecule has 3 heterocycles. The molecule has 3 rings (SSSR count). The second-order valence-corrected chi connectivity index (χ2v) is 7.75. The number of halogens is 1. The van der Waals surface area contributed by atoms with Crippen LogP contribution in [0.15, 0.2) is 23.3 Å². The Bertz CT molecular complexity index is 801. The van der Waals surface area contributed by atoms with Crippen molar-refractivity contribution in [1.82, 2.24) is 35.3 Å². The summed E-state index contributed by atoms with van der Waals surface area (Å²) in [4.78, 5) is 11.4. The minimum atomic E-state index is 0.483. The third-order valence-electron chi connectivity index (χ3n) is 5.47. The summed E-state index contributed by atoms with van der Waals surface area (Å²) >= 11 is 5.86. The van der Waals surface area contributed by atoms with Gasteiger partial charge in [0, 0.05) is 32.4 Å². The smallest absolute Gasteiger partial charge is 0.191 e. The molecule has 2 aromatic heterocycles. The van der Waals surface area contributed by atoms with E-state index in [0.717, 1.165) is 49.2 Å². The van der Waals surface area contributed by atoms with Crippen molar-refractivity contribution in [2.24, 2.45) is 12.0 Å². The molecule has 8 nitrogen and oxygen atoms in total. The van der Waals surface area contributed by atoms with Gasteiger partial charge in [-0.05, 0) is 50.9 Å². The van der Waals surface area contributed by atoms with Gasteiger partial charge in [0.05, 0.1) is 0 Å². The van der Waals surface area contributed by atoms with Gasteiger partial charge in [0.2, 0.25) is 0 Å². The zero-order valence-electron chi connectivity index (χ0n) is 17.5. The van der Waals surface area contributed by atoms with Crippen molar-refractivity contribution in [3.05, 3.63) is 40.7 Å². The highest BCUT2D eigenvalue weighted by atomic mass is 35.5. The molecular weight excluding hydrogens is 388 g/mol. The predicted molar refractivity (Wildman–Crippen MR) is 116 cm³/mol. The first-order valence-corrected chi connectivity index (χ1v) is 10.7. The zero-order chi connectivity index (χ0) is 20.6. The van der Waals surface area contributed by atoms with E-state index < -0.39 is 0 Å². The standard InChI is InChI=1S/C20H31ClN8/c1-4-29-11-5-6-17(29)13-24-20(25-14-19-27-26-15(2)28(19)3)22-10-9-16-7-8-18(21)23-12-16/h7-8,12,17H,4-6,9-11,13-14H2,1-3H3,(H2,22,24,25). The van der Waals surface area contributed by atoms with Crippen molar-refractivity contribution in [2.45, 2.75) is 45.7 Å². The first-order chi connectivity index (χ1) is 14.1. The van der Waals surface area contributed by atoms with Gasteiger partial charge in [-0.3, -0.25) is 4.90 Å². The van der Waals surface area contributed by atoms with Crippen molar-refractivity contribution >= 4 is 17.6 Å². The van der Waals surface area contributed by atoms with Gasteiger partial charge in [0.15, 0.2) is 11.8 Å². The third kappa shape index (κ3) is 6.14. The number of aliphatic imine (C=N–C) groups is 1. The van der Waals surface area contributed by atoms with Crippen LogP contribution in [0, 0.1) is 6.92 Å². The number of hydrogen-bond donors (Lipinski definition) is 2. The molecule has 2 aromatic rings. The fourth-order valence-electron chi connectivity index (χ4n) is 3.55. The Labute approximate surface area is 177 Å². The number of nitrogens with one attached hydrogen (secondary N) is 2. The highest BCUT2D eigenvalue weighted by Gasteiger charge is 2.22. The summed E-state index contributed by atoms with van der Waals surface area (Å²) in [7, 11) is 1.96. The third-order valence-corrected chi connectivity index (χ3v) is 5.69. The average molecular weight is 419 g/mol. The molecule has 2 N–H and O–H groups in total. The molecule has 158 valence electrons. The Kier molecular flexibility index (Phi) is 7.83. The van der Waals surface area contributed by atoms with Gasteiger partial charge in [0.25, 0.3) is 0 Å². The number of likely N-dealkylation sites (N-methyl/N-ethyl adjacent to an activating group) is 1. The minimum Gasteiger partial charge on any atom is -0.356 e. The molecule has 1 fully saturated rings. The van der Waals surface area contributed by atoms with Gasteiger partial charge in [-0.1, -0.05) is 24.6 Å². The Balaban J connectivity index is 1.59. The molecule has 0 spiro atoms. The molecule has 0 amide bonds. The lowest BCUT2D eigenvalue weighted by atomic mass is 10.2. The molecule has 1 unspecified atom stereocenters. The maximum absolute atomic E-state index is 5.86. The van der Waals surface area contributed by atoms with E-state index in [1.807, 2.05) is 36.9 Å². The van der Waals surface area contributed by atoms with Crippen LogP contribution in [-0.2, 0) is 20.0 Å². The molecule has 1 saturated heterocycles. The quantitative estimate of drug-likeness (QED) is 0.387. The summed E-state index contributed by atoms with van der Waals surface area (Å²) in [5, 5.41) is 15.8. The molecule has 0 bridgehead atoms. The SMILES string of the molecule is CCN1CCCC1CNC(=NCc1nnc(C)n1C)NCCc1ccc(Cl)nc1. The van der Waals surface area contributed by atoms with E-state index in [2.05, 4.69) is 37.6 Å². The highest BCUT2D eigenvalue weighted by molar-refractivity contribution is 6.29. The molecular formula is C20H31ClN8. The average Bonchev–Trinajstić information content (AvgIpc) is 3.31. The van der Waals surface area contributed by atoms with Crippen LogP contribution in [0.25, 0.3) is 0 Å². The second-order valence-electron chi connectivity index (χ2n) is 7.36. The summed E-state index contributed by atoms with van der Waals surface area (Å²) in [6, 6.07) is 4.38. The molecule has 0 aromatic carbocycles. The fraction of sp³-hybridized carbons (Fsp3) is 0.600. The summed E-state index contributed by atoms with van der Waals surface area (Å²) in [6.07, 6.45) is 5.15. The van der Waals surface area contributed by atoms with Crippen molar-refractivity contribution in [3.63, 3.8) is 0 Å². The van der Waals surface area contributed by atoms with Crippen LogP contribution < -0.4 is 10.6 Å². The van der Waals surface area contributed by atoms with Crippen molar-refractivity contribution in [1.29, 1.82) is 0 Å². The van der Waals surface area contributed by atoms with Crippen LogP contribution in [0.2, 0.25) is 5.15 Å². The largest absolute Gasteiger partial charge is 0.356 e. The molecule has 0 aliphatic carbocycles. The number of nitrogens with zero attached hydrogens (tertiary/aromatic N) is 6. The maximum Gasteiger partial charge on any atom is 0.191 e. The van der Waals surface area contributed by atoms with Crippen molar-refractivity contribution in [2.75, 3.05) is 26.2 Å². The van der Waals surface area contributed by atoms with E-state index >= 15 is 0 Å². The first-order valence-electron chi connectivity index (χ1n) is 10.3. The zero-order valence-corrected chi connectivity index (χ0v) is 18.3.